The number of amides is 1. The highest BCUT2D eigenvalue weighted by Gasteiger charge is 2.24. The molecule has 2 aromatic heterocycles. The molecular formula is C23H28N4O3S. The zero-order valence-corrected chi connectivity index (χ0v) is 19.0. The fourth-order valence-electron chi connectivity index (χ4n) is 3.31. The molecule has 0 atom stereocenters. The van der Waals surface area contributed by atoms with Crippen LogP contribution in [0.3, 0.4) is 0 Å². The van der Waals surface area contributed by atoms with Gasteiger partial charge in [0, 0.05) is 23.0 Å². The van der Waals surface area contributed by atoms with Crippen molar-refractivity contribution < 1.29 is 14.3 Å². The van der Waals surface area contributed by atoms with Crippen LogP contribution >= 0.6 is 10.0 Å². The largest absolute Gasteiger partial charge is 0.447 e. The molecule has 4 rings (SSSR count). The number of pyridine rings is 1. The summed E-state index contributed by atoms with van der Waals surface area (Å²) in [6, 6.07) is 11.7. The lowest BCUT2D eigenvalue weighted by Gasteiger charge is -2.24. The second-order valence-corrected chi connectivity index (χ2v) is 12.9. The van der Waals surface area contributed by atoms with Crippen LogP contribution in [0, 0.1) is 0 Å². The van der Waals surface area contributed by atoms with E-state index >= 15 is 0 Å². The van der Waals surface area contributed by atoms with E-state index in [4.69, 9.17) is 14.6 Å². The minimum Gasteiger partial charge on any atom is -0.447 e. The molecule has 0 spiro atoms. The Morgan fingerprint density at radius 1 is 1.19 bits per heavy atom. The van der Waals surface area contributed by atoms with Crippen molar-refractivity contribution in [2.75, 3.05) is 49.2 Å². The second-order valence-electron chi connectivity index (χ2n) is 8.27. The van der Waals surface area contributed by atoms with Gasteiger partial charge in [0.15, 0.2) is 0 Å². The summed E-state index contributed by atoms with van der Waals surface area (Å²) in [6.45, 7) is 2.05. The number of anilines is 1. The minimum atomic E-state index is -0.597. The number of hydrogen-bond donors (Lipinski definition) is 0. The van der Waals surface area contributed by atoms with Gasteiger partial charge < -0.3 is 9.47 Å². The molecule has 0 bridgehead atoms. The van der Waals surface area contributed by atoms with E-state index in [1.54, 1.807) is 11.1 Å². The number of carbonyl (C=O) groups excluding carboxylic acids is 1. The maximum atomic E-state index is 12.0. The van der Waals surface area contributed by atoms with E-state index in [0.717, 1.165) is 33.7 Å². The van der Waals surface area contributed by atoms with Gasteiger partial charge in [0.2, 0.25) is 0 Å². The molecule has 0 unspecified atom stereocenters. The topological polar surface area (TPSA) is 69.5 Å². The van der Waals surface area contributed by atoms with Gasteiger partial charge in [-0.05, 0) is 61.3 Å². The summed E-state index contributed by atoms with van der Waals surface area (Å²) in [6.07, 6.45) is 12.2. The van der Waals surface area contributed by atoms with Gasteiger partial charge in [-0.25, -0.2) is 19.5 Å². The highest BCUT2D eigenvalue weighted by molar-refractivity contribution is 8.32. The maximum Gasteiger partial charge on any atom is 0.414 e. The first-order valence-corrected chi connectivity index (χ1v) is 13.2. The third-order valence-electron chi connectivity index (χ3n) is 4.99. The van der Waals surface area contributed by atoms with Gasteiger partial charge in [0.05, 0.1) is 30.1 Å². The monoisotopic (exact) mass is 440 g/mol. The Morgan fingerprint density at radius 3 is 2.77 bits per heavy atom. The third-order valence-corrected chi connectivity index (χ3v) is 6.38. The third kappa shape index (κ3) is 5.26. The smallest absolute Gasteiger partial charge is 0.414 e. The second kappa shape index (κ2) is 9.11. The summed E-state index contributed by atoms with van der Waals surface area (Å²) in [5, 5.41) is 5.73. The first-order chi connectivity index (χ1) is 14.9. The Balaban J connectivity index is 1.64. The van der Waals surface area contributed by atoms with E-state index < -0.39 is 10.0 Å². The molecule has 1 aliphatic rings. The number of fused-ring (bicyclic) bond motifs is 1. The molecule has 1 aromatic carbocycles. The molecular weight excluding hydrogens is 412 g/mol. The van der Waals surface area contributed by atoms with Crippen LogP contribution in [0.25, 0.3) is 23.1 Å². The average molecular weight is 441 g/mol. The lowest BCUT2D eigenvalue weighted by atomic mass is 10.1. The molecule has 1 fully saturated rings. The van der Waals surface area contributed by atoms with Crippen LogP contribution in [-0.4, -0.2) is 65.1 Å². The number of rotatable bonds is 8. The fraction of sp³-hybridized carbons (Fsp3) is 0.348. The zero-order valence-electron chi connectivity index (χ0n) is 18.2. The van der Waals surface area contributed by atoms with Crippen LogP contribution in [0.5, 0.6) is 0 Å². The number of cyclic esters (lactones) is 1. The Labute approximate surface area is 184 Å². The van der Waals surface area contributed by atoms with Crippen molar-refractivity contribution >= 4 is 44.9 Å². The summed E-state index contributed by atoms with van der Waals surface area (Å²) >= 11 is 0. The Hall–Kier alpha value is -2.84. The van der Waals surface area contributed by atoms with Crippen molar-refractivity contribution in [3.63, 3.8) is 0 Å². The van der Waals surface area contributed by atoms with E-state index in [-0.39, 0.29) is 6.09 Å². The van der Waals surface area contributed by atoms with Crippen LogP contribution in [-0.2, 0) is 16.2 Å². The molecule has 0 N–H and O–H groups in total. The molecule has 1 amide bonds. The quantitative estimate of drug-likeness (QED) is 0.491. The van der Waals surface area contributed by atoms with E-state index in [9.17, 15) is 4.79 Å². The number of benzene rings is 1. The molecule has 8 heteroatoms. The summed E-state index contributed by atoms with van der Waals surface area (Å²) in [4.78, 5) is 18.0. The standard InChI is InChI=1S/C23H28N4O3S/c1-31(2,3)15-14-29-17-27-22-10-8-19(26-12-13-30-23(26)28)16-20(22)21(25-27)9-7-18-6-4-5-11-24-18/h4-11,16H,12-15,17H2,1-3H3/b9-7+. The molecule has 1 saturated heterocycles. The molecule has 3 heterocycles. The highest BCUT2D eigenvalue weighted by atomic mass is 32.3. The van der Waals surface area contributed by atoms with E-state index in [1.165, 1.54) is 0 Å². The number of hydrogen-bond acceptors (Lipinski definition) is 5. The van der Waals surface area contributed by atoms with Gasteiger partial charge in [0.1, 0.15) is 13.3 Å². The van der Waals surface area contributed by atoms with Gasteiger partial charge >= 0.3 is 6.09 Å². The summed E-state index contributed by atoms with van der Waals surface area (Å²) in [5.41, 5.74) is 3.42. The number of carbonyl (C=O) groups is 1. The van der Waals surface area contributed by atoms with Crippen LogP contribution in [0.2, 0.25) is 0 Å². The first kappa shape index (κ1) is 21.4. The van der Waals surface area contributed by atoms with Crippen molar-refractivity contribution in [3.8, 4) is 0 Å². The van der Waals surface area contributed by atoms with E-state index in [0.29, 0.717) is 26.5 Å². The predicted octanol–water partition coefficient (Wildman–Crippen LogP) is 4.23. The molecule has 0 saturated carbocycles. The SMILES string of the molecule is CS(C)(C)CCOCn1nc(/C=C/c2ccccn2)c2cc(N3CCOC3=O)ccc21. The highest BCUT2D eigenvalue weighted by Crippen LogP contribution is 2.33. The normalized spacial score (nSPS) is 15.2. The molecule has 3 aromatic rings. The lowest BCUT2D eigenvalue weighted by molar-refractivity contribution is 0.0840. The van der Waals surface area contributed by atoms with Gasteiger partial charge in [-0.3, -0.25) is 9.88 Å². The molecule has 164 valence electrons. The zero-order chi connectivity index (χ0) is 21.8. The van der Waals surface area contributed by atoms with Gasteiger partial charge in [-0.1, -0.05) is 6.07 Å². The molecule has 31 heavy (non-hydrogen) atoms. The molecule has 0 aliphatic carbocycles. The van der Waals surface area contributed by atoms with Crippen LogP contribution in [0.4, 0.5) is 10.5 Å². The van der Waals surface area contributed by atoms with Crippen LogP contribution < -0.4 is 4.90 Å². The molecule has 0 radical (unpaired) electrons. The predicted molar refractivity (Wildman–Crippen MR) is 128 cm³/mol. The van der Waals surface area contributed by atoms with Crippen molar-refractivity contribution in [2.24, 2.45) is 0 Å². The van der Waals surface area contributed by atoms with Crippen molar-refractivity contribution in [1.29, 1.82) is 0 Å². The average Bonchev–Trinajstić information content (AvgIpc) is 3.33. The fourth-order valence-corrected chi connectivity index (χ4v) is 3.93. The summed E-state index contributed by atoms with van der Waals surface area (Å²) in [5.74, 6) is 1.06. The van der Waals surface area contributed by atoms with Crippen LogP contribution in [0.15, 0.2) is 42.6 Å². The maximum absolute atomic E-state index is 12.0. The van der Waals surface area contributed by atoms with Gasteiger partial charge in [-0.15, -0.1) is 0 Å². The lowest BCUT2D eigenvalue weighted by Crippen LogP contribution is -2.23. The number of aromatic nitrogens is 3. The Kier molecular flexibility index (Phi) is 6.29. The first-order valence-electron chi connectivity index (χ1n) is 10.2. The van der Waals surface area contributed by atoms with Gasteiger partial charge in [-0.2, -0.15) is 5.10 Å². The Morgan fingerprint density at radius 2 is 2.06 bits per heavy atom. The Bertz CT molecular complexity index is 1090. The van der Waals surface area contributed by atoms with Crippen LogP contribution in [0.1, 0.15) is 11.4 Å². The number of ether oxygens (including phenoxy) is 2. The minimum absolute atomic E-state index is 0.315. The van der Waals surface area contributed by atoms with E-state index in [1.807, 2.05) is 53.2 Å². The molecule has 1 aliphatic heterocycles. The van der Waals surface area contributed by atoms with Crippen molar-refractivity contribution in [2.45, 2.75) is 6.73 Å². The summed E-state index contributed by atoms with van der Waals surface area (Å²) in [7, 11) is -0.597. The van der Waals surface area contributed by atoms with Gasteiger partial charge in [0.25, 0.3) is 0 Å². The molecule has 7 nitrogen and oxygen atoms in total. The van der Waals surface area contributed by atoms with Crippen molar-refractivity contribution in [3.05, 3.63) is 54.0 Å². The number of nitrogens with zero attached hydrogens (tertiary/aromatic N) is 4. The van der Waals surface area contributed by atoms with Crippen molar-refractivity contribution in [1.82, 2.24) is 14.8 Å². The van der Waals surface area contributed by atoms with E-state index in [2.05, 4.69) is 23.8 Å². The summed E-state index contributed by atoms with van der Waals surface area (Å²) < 4.78 is 12.9.